The van der Waals surface area contributed by atoms with E-state index in [1.165, 1.54) is 0 Å². The highest BCUT2D eigenvalue weighted by Crippen LogP contribution is 2.25. The van der Waals surface area contributed by atoms with E-state index in [1.54, 1.807) is 38.3 Å². The number of amides is 1. The fourth-order valence-electron chi connectivity index (χ4n) is 1.66. The van der Waals surface area contributed by atoms with Gasteiger partial charge < -0.3 is 10.4 Å². The molecule has 1 heterocycles. The van der Waals surface area contributed by atoms with Crippen molar-refractivity contribution in [2.75, 3.05) is 0 Å². The fraction of sp³-hybridized carbons (Fsp3) is 0.357. The van der Waals surface area contributed by atoms with Crippen LogP contribution < -0.4 is 5.32 Å². The summed E-state index contributed by atoms with van der Waals surface area (Å²) in [6.45, 7) is 7.22. The van der Waals surface area contributed by atoms with E-state index < -0.39 is 17.6 Å². The Kier molecular flexibility index (Phi) is 4.65. The lowest BCUT2D eigenvalue weighted by molar-refractivity contribution is 0.189. The first-order valence-electron chi connectivity index (χ1n) is 5.88. The van der Waals surface area contributed by atoms with Crippen LogP contribution >= 0.6 is 0 Å². The second-order valence-electron chi connectivity index (χ2n) is 4.73. The number of nitriles is 1. The van der Waals surface area contributed by atoms with Crippen LogP contribution in [0.1, 0.15) is 37.6 Å². The molecule has 1 aromatic heterocycles. The van der Waals surface area contributed by atoms with Gasteiger partial charge in [0.2, 0.25) is 0 Å². The Morgan fingerprint density at radius 2 is 2.42 bits per heavy atom. The number of rotatable bonds is 5. The molecular weight excluding hydrogens is 242 g/mol. The molecule has 1 aromatic rings. The molecule has 1 atom stereocenters. The van der Waals surface area contributed by atoms with E-state index in [1.807, 2.05) is 0 Å². The molecule has 0 aliphatic heterocycles. The third-order valence-electron chi connectivity index (χ3n) is 2.84. The van der Waals surface area contributed by atoms with Gasteiger partial charge in [0.05, 0.1) is 23.2 Å². The van der Waals surface area contributed by atoms with Crippen molar-refractivity contribution in [1.29, 1.82) is 5.26 Å². The topological polar surface area (TPSA) is 86.0 Å². The van der Waals surface area contributed by atoms with Gasteiger partial charge in [-0.25, -0.2) is 4.79 Å². The molecular formula is C14H17N3O2. The van der Waals surface area contributed by atoms with E-state index in [9.17, 15) is 4.79 Å². The van der Waals surface area contributed by atoms with Gasteiger partial charge in [-0.1, -0.05) is 6.08 Å². The quantitative estimate of drug-likeness (QED) is 0.796. The number of aromatic nitrogens is 1. The Labute approximate surface area is 112 Å². The van der Waals surface area contributed by atoms with Crippen LogP contribution in [0.5, 0.6) is 0 Å². The van der Waals surface area contributed by atoms with Gasteiger partial charge >= 0.3 is 6.09 Å². The third-order valence-corrected chi connectivity index (χ3v) is 2.84. The van der Waals surface area contributed by atoms with Crippen molar-refractivity contribution in [2.24, 2.45) is 0 Å². The smallest absolute Gasteiger partial charge is 0.405 e. The summed E-state index contributed by atoms with van der Waals surface area (Å²) in [7, 11) is 0. The second kappa shape index (κ2) is 6.01. The number of hydrogen-bond donors (Lipinski definition) is 2. The Hall–Kier alpha value is -2.35. The summed E-state index contributed by atoms with van der Waals surface area (Å²) in [6.07, 6.45) is 2.54. The minimum atomic E-state index is -1.11. The molecule has 0 saturated carbocycles. The number of hydrogen-bond acceptors (Lipinski definition) is 3. The molecule has 19 heavy (non-hydrogen) atoms. The highest BCUT2D eigenvalue weighted by molar-refractivity contribution is 5.65. The van der Waals surface area contributed by atoms with Crippen molar-refractivity contribution in [3.05, 3.63) is 42.2 Å². The molecule has 0 saturated heterocycles. The maximum absolute atomic E-state index is 10.8. The van der Waals surface area contributed by atoms with Crippen LogP contribution in [-0.4, -0.2) is 16.2 Å². The van der Waals surface area contributed by atoms with Gasteiger partial charge in [-0.3, -0.25) is 4.98 Å². The average molecular weight is 259 g/mol. The van der Waals surface area contributed by atoms with E-state index >= 15 is 0 Å². The molecule has 0 fully saturated rings. The van der Waals surface area contributed by atoms with E-state index in [2.05, 4.69) is 22.9 Å². The van der Waals surface area contributed by atoms with Crippen LogP contribution in [0.2, 0.25) is 0 Å². The minimum absolute atomic E-state index is 0.440. The molecule has 0 bridgehead atoms. The largest absolute Gasteiger partial charge is 0.465 e. The molecule has 0 radical (unpaired) electrons. The first-order chi connectivity index (χ1) is 8.90. The summed E-state index contributed by atoms with van der Waals surface area (Å²) < 4.78 is 0. The zero-order chi connectivity index (χ0) is 14.5. The highest BCUT2D eigenvalue weighted by atomic mass is 16.4. The van der Waals surface area contributed by atoms with Crippen LogP contribution in [0.4, 0.5) is 4.79 Å². The maximum Gasteiger partial charge on any atom is 0.405 e. The summed E-state index contributed by atoms with van der Waals surface area (Å²) in [5.74, 6) is 0. The van der Waals surface area contributed by atoms with Crippen molar-refractivity contribution in [1.82, 2.24) is 10.3 Å². The van der Waals surface area contributed by atoms with Crippen molar-refractivity contribution >= 4 is 6.09 Å². The van der Waals surface area contributed by atoms with Gasteiger partial charge in [0, 0.05) is 6.20 Å². The van der Waals surface area contributed by atoms with Crippen LogP contribution in [0.25, 0.3) is 0 Å². The van der Waals surface area contributed by atoms with Crippen LogP contribution in [0.15, 0.2) is 31.0 Å². The Balaban J connectivity index is 3.12. The molecule has 0 aliphatic rings. The third kappa shape index (κ3) is 3.81. The predicted octanol–water partition coefficient (Wildman–Crippen LogP) is 2.77. The first kappa shape index (κ1) is 14.7. The lowest BCUT2D eigenvalue weighted by Gasteiger charge is -2.19. The molecule has 5 heteroatoms. The SMILES string of the molecule is C=CCC(NC(=O)O)c1cc(C(C)(C)C#N)ccn1. The standard InChI is InChI=1S/C14H17N3O2/c1-4-5-11(17-13(18)19)12-8-10(6-7-16-12)14(2,3)9-15/h4,6-8,11,17H,1,5H2,2-3H3,(H,18,19). The highest BCUT2D eigenvalue weighted by Gasteiger charge is 2.22. The van der Waals surface area contributed by atoms with Crippen LogP contribution in [0, 0.1) is 11.3 Å². The molecule has 100 valence electrons. The van der Waals surface area contributed by atoms with Crippen LogP contribution in [0.3, 0.4) is 0 Å². The number of nitrogens with zero attached hydrogens (tertiary/aromatic N) is 2. The van der Waals surface area contributed by atoms with Gasteiger partial charge in [0.25, 0.3) is 0 Å². The fourth-order valence-corrected chi connectivity index (χ4v) is 1.66. The van der Waals surface area contributed by atoms with Gasteiger partial charge in [-0.05, 0) is 38.0 Å². The molecule has 0 aromatic carbocycles. The van der Waals surface area contributed by atoms with E-state index in [-0.39, 0.29) is 0 Å². The summed E-state index contributed by atoms with van der Waals surface area (Å²) in [6, 6.07) is 5.28. The van der Waals surface area contributed by atoms with Crippen molar-refractivity contribution in [3.63, 3.8) is 0 Å². The van der Waals surface area contributed by atoms with E-state index in [4.69, 9.17) is 10.4 Å². The van der Waals surface area contributed by atoms with Crippen LogP contribution in [-0.2, 0) is 5.41 Å². The van der Waals surface area contributed by atoms with Crippen molar-refractivity contribution in [3.8, 4) is 6.07 Å². The normalized spacial score (nSPS) is 12.3. The zero-order valence-electron chi connectivity index (χ0n) is 11.1. The van der Waals surface area contributed by atoms with Gasteiger partial charge in [-0.2, -0.15) is 5.26 Å². The maximum atomic E-state index is 10.8. The molecule has 0 spiro atoms. The Morgan fingerprint density at radius 1 is 1.74 bits per heavy atom. The Morgan fingerprint density at radius 3 is 2.95 bits per heavy atom. The lowest BCUT2D eigenvalue weighted by Crippen LogP contribution is -2.27. The van der Waals surface area contributed by atoms with Crippen molar-refractivity contribution < 1.29 is 9.90 Å². The summed E-state index contributed by atoms with van der Waals surface area (Å²) in [5, 5.41) is 20.3. The number of carbonyl (C=O) groups is 1. The van der Waals surface area contributed by atoms with Gasteiger partial charge in [-0.15, -0.1) is 6.58 Å². The molecule has 1 amide bonds. The molecule has 1 rings (SSSR count). The van der Waals surface area contributed by atoms with E-state index in [0.717, 1.165) is 5.56 Å². The van der Waals surface area contributed by atoms with Gasteiger partial charge in [0.15, 0.2) is 0 Å². The molecule has 1 unspecified atom stereocenters. The number of nitrogens with one attached hydrogen (secondary N) is 1. The average Bonchev–Trinajstić information content (AvgIpc) is 2.38. The van der Waals surface area contributed by atoms with E-state index in [0.29, 0.717) is 12.1 Å². The summed E-state index contributed by atoms with van der Waals surface area (Å²) >= 11 is 0. The summed E-state index contributed by atoms with van der Waals surface area (Å²) in [5.41, 5.74) is 0.754. The lowest BCUT2D eigenvalue weighted by atomic mass is 9.86. The second-order valence-corrected chi connectivity index (χ2v) is 4.73. The molecule has 5 nitrogen and oxygen atoms in total. The number of carboxylic acid groups (broad SMARTS) is 1. The Bertz CT molecular complexity index is 518. The van der Waals surface area contributed by atoms with Crippen molar-refractivity contribution in [2.45, 2.75) is 31.7 Å². The predicted molar refractivity (Wildman–Crippen MR) is 71.6 cm³/mol. The van der Waals surface area contributed by atoms with Gasteiger partial charge in [0.1, 0.15) is 0 Å². The first-order valence-corrected chi connectivity index (χ1v) is 5.88. The molecule has 2 N–H and O–H groups in total. The monoisotopic (exact) mass is 259 g/mol. The molecule has 0 aliphatic carbocycles. The minimum Gasteiger partial charge on any atom is -0.465 e. The summed E-state index contributed by atoms with van der Waals surface area (Å²) in [4.78, 5) is 14.9. The zero-order valence-corrected chi connectivity index (χ0v) is 11.1. The number of pyridine rings is 1.